The van der Waals surface area contributed by atoms with Crippen molar-refractivity contribution in [1.82, 2.24) is 4.90 Å². The van der Waals surface area contributed by atoms with E-state index in [1.807, 2.05) is 31.9 Å². The van der Waals surface area contributed by atoms with E-state index in [9.17, 15) is 4.39 Å². The van der Waals surface area contributed by atoms with E-state index in [4.69, 9.17) is 23.2 Å². The van der Waals surface area contributed by atoms with Crippen LogP contribution >= 0.6 is 23.2 Å². The molecule has 0 unspecified atom stereocenters. The Morgan fingerprint density at radius 1 is 1.22 bits per heavy atom. The highest BCUT2D eigenvalue weighted by Gasteiger charge is 2.08. The summed E-state index contributed by atoms with van der Waals surface area (Å²) >= 11 is 12.0. The minimum Gasteiger partial charge on any atom is -0.366 e. The summed E-state index contributed by atoms with van der Waals surface area (Å²) in [5.74, 6) is -0.417. The minimum atomic E-state index is -0.417. The van der Waals surface area contributed by atoms with Gasteiger partial charge in [-0.2, -0.15) is 0 Å². The second-order valence-electron chi connectivity index (χ2n) is 5.19. The summed E-state index contributed by atoms with van der Waals surface area (Å²) in [4.78, 5) is 6.31. The van der Waals surface area contributed by atoms with Crippen molar-refractivity contribution in [3.63, 3.8) is 0 Å². The van der Waals surface area contributed by atoms with Crippen LogP contribution in [-0.2, 0) is 0 Å². The monoisotopic (exact) mass is 353 g/mol. The molecule has 0 spiro atoms. The average molecular weight is 354 g/mol. The van der Waals surface area contributed by atoms with E-state index < -0.39 is 5.82 Å². The Bertz CT molecular complexity index is 732. The molecule has 0 amide bonds. The Morgan fingerprint density at radius 3 is 2.61 bits per heavy atom. The van der Waals surface area contributed by atoms with Crippen molar-refractivity contribution in [3.8, 4) is 0 Å². The molecule has 0 radical (unpaired) electrons. The number of anilines is 2. The van der Waals surface area contributed by atoms with Gasteiger partial charge in [0.25, 0.3) is 0 Å². The van der Waals surface area contributed by atoms with Gasteiger partial charge in [0, 0.05) is 24.3 Å². The van der Waals surface area contributed by atoms with E-state index >= 15 is 0 Å². The summed E-state index contributed by atoms with van der Waals surface area (Å²) in [6.07, 6.45) is 1.73. The maximum atomic E-state index is 13.9. The van der Waals surface area contributed by atoms with Gasteiger partial charge in [0.05, 0.1) is 22.7 Å². The van der Waals surface area contributed by atoms with Crippen LogP contribution in [0.3, 0.4) is 0 Å². The van der Waals surface area contributed by atoms with Crippen molar-refractivity contribution in [1.29, 1.82) is 0 Å². The Morgan fingerprint density at radius 2 is 1.96 bits per heavy atom. The number of nitrogens with zero attached hydrogens (tertiary/aromatic N) is 2. The van der Waals surface area contributed by atoms with Crippen molar-refractivity contribution >= 4 is 46.6 Å². The summed E-state index contributed by atoms with van der Waals surface area (Å²) < 4.78 is 13.9. The van der Waals surface area contributed by atoms with Gasteiger partial charge in [-0.1, -0.05) is 23.2 Å². The zero-order valence-electron chi connectivity index (χ0n) is 13.2. The lowest BCUT2D eigenvalue weighted by Gasteiger charge is -2.13. The molecule has 0 saturated heterocycles. The maximum absolute atomic E-state index is 13.9. The van der Waals surface area contributed by atoms with Gasteiger partial charge in [-0.3, -0.25) is 0 Å². The summed E-state index contributed by atoms with van der Waals surface area (Å²) in [5.41, 5.74) is 2.65. The predicted octanol–water partition coefficient (Wildman–Crippen LogP) is 5.80. The smallest absolute Gasteiger partial charge is 0.148 e. The van der Waals surface area contributed by atoms with Crippen molar-refractivity contribution in [2.75, 3.05) is 18.9 Å². The molecule has 6 heteroatoms. The number of hydrogen-bond acceptors (Lipinski definition) is 2. The first-order chi connectivity index (χ1) is 10.9. The fraction of sp³-hybridized carbons (Fsp3) is 0.235. The standard InChI is InChI=1S/C17H18Cl2FN3/c1-4-23(3)10-21-17-7-11(2)16(9-13(17)19)22-15-6-5-12(18)8-14(15)20/h5-10,22H,4H2,1-3H3. The number of rotatable bonds is 5. The molecule has 122 valence electrons. The van der Waals surface area contributed by atoms with Gasteiger partial charge < -0.3 is 10.2 Å². The van der Waals surface area contributed by atoms with E-state index in [0.717, 1.165) is 17.8 Å². The second-order valence-corrected chi connectivity index (χ2v) is 6.03. The maximum Gasteiger partial charge on any atom is 0.148 e. The fourth-order valence-electron chi connectivity index (χ4n) is 1.88. The van der Waals surface area contributed by atoms with Gasteiger partial charge in [-0.25, -0.2) is 9.38 Å². The van der Waals surface area contributed by atoms with Gasteiger partial charge in [0.2, 0.25) is 0 Å². The van der Waals surface area contributed by atoms with Crippen LogP contribution in [0.5, 0.6) is 0 Å². The molecule has 0 aliphatic carbocycles. The highest BCUT2D eigenvalue weighted by atomic mass is 35.5. The van der Waals surface area contributed by atoms with Gasteiger partial charge in [-0.15, -0.1) is 0 Å². The van der Waals surface area contributed by atoms with Crippen molar-refractivity contribution in [2.24, 2.45) is 4.99 Å². The Balaban J connectivity index is 2.27. The summed E-state index contributed by atoms with van der Waals surface area (Å²) in [5, 5.41) is 3.88. The number of nitrogens with one attached hydrogen (secondary N) is 1. The van der Waals surface area contributed by atoms with Gasteiger partial charge in [0.1, 0.15) is 5.82 Å². The zero-order chi connectivity index (χ0) is 17.0. The number of aliphatic imine (C=N–C) groups is 1. The Hall–Kier alpha value is -1.78. The lowest BCUT2D eigenvalue weighted by atomic mass is 10.1. The first-order valence-electron chi connectivity index (χ1n) is 7.17. The van der Waals surface area contributed by atoms with Crippen molar-refractivity contribution in [3.05, 3.63) is 51.8 Å². The van der Waals surface area contributed by atoms with E-state index in [-0.39, 0.29) is 0 Å². The fourth-order valence-corrected chi connectivity index (χ4v) is 2.25. The SMILES string of the molecule is CCN(C)C=Nc1cc(C)c(Nc2ccc(Cl)cc2F)cc1Cl. The molecule has 0 aliphatic rings. The first kappa shape index (κ1) is 17.6. The molecule has 23 heavy (non-hydrogen) atoms. The van der Waals surface area contributed by atoms with Gasteiger partial charge in [-0.05, 0) is 49.7 Å². The number of benzene rings is 2. The molecule has 0 aliphatic heterocycles. The van der Waals surface area contributed by atoms with Crippen LogP contribution in [0.2, 0.25) is 10.0 Å². The molecule has 2 aromatic rings. The van der Waals surface area contributed by atoms with Crippen LogP contribution in [0.1, 0.15) is 12.5 Å². The molecule has 0 aromatic heterocycles. The van der Waals surface area contributed by atoms with Crippen LogP contribution in [-0.4, -0.2) is 24.8 Å². The van der Waals surface area contributed by atoms with Crippen molar-refractivity contribution < 1.29 is 4.39 Å². The van der Waals surface area contributed by atoms with E-state index in [1.165, 1.54) is 6.07 Å². The molecular formula is C17H18Cl2FN3. The van der Waals surface area contributed by atoms with E-state index in [0.29, 0.717) is 21.4 Å². The van der Waals surface area contributed by atoms with E-state index in [1.54, 1.807) is 24.5 Å². The minimum absolute atomic E-state index is 0.343. The highest BCUT2D eigenvalue weighted by molar-refractivity contribution is 6.33. The Kier molecular flexibility index (Phi) is 5.85. The third-order valence-corrected chi connectivity index (χ3v) is 3.92. The quantitative estimate of drug-likeness (QED) is 0.543. The van der Waals surface area contributed by atoms with Gasteiger partial charge in [0.15, 0.2) is 0 Å². The largest absolute Gasteiger partial charge is 0.366 e. The molecule has 0 fully saturated rings. The molecule has 0 heterocycles. The molecule has 0 bridgehead atoms. The van der Waals surface area contributed by atoms with Crippen LogP contribution in [0.4, 0.5) is 21.5 Å². The predicted molar refractivity (Wildman–Crippen MR) is 97.3 cm³/mol. The summed E-state index contributed by atoms with van der Waals surface area (Å²) in [7, 11) is 1.93. The van der Waals surface area contributed by atoms with Gasteiger partial charge >= 0.3 is 0 Å². The highest BCUT2D eigenvalue weighted by Crippen LogP contribution is 2.33. The second kappa shape index (κ2) is 7.66. The van der Waals surface area contributed by atoms with Crippen LogP contribution < -0.4 is 5.32 Å². The molecule has 1 N–H and O–H groups in total. The molecule has 3 nitrogen and oxygen atoms in total. The normalized spacial score (nSPS) is 11.0. The average Bonchev–Trinajstić information content (AvgIpc) is 2.51. The summed E-state index contributed by atoms with van der Waals surface area (Å²) in [6, 6.07) is 8.08. The van der Waals surface area contributed by atoms with Crippen LogP contribution in [0, 0.1) is 12.7 Å². The van der Waals surface area contributed by atoms with E-state index in [2.05, 4.69) is 10.3 Å². The zero-order valence-corrected chi connectivity index (χ0v) is 14.7. The Labute approximate surface area is 145 Å². The number of hydrogen-bond donors (Lipinski definition) is 1. The van der Waals surface area contributed by atoms with Crippen molar-refractivity contribution in [2.45, 2.75) is 13.8 Å². The summed E-state index contributed by atoms with van der Waals surface area (Å²) in [6.45, 7) is 4.80. The lowest BCUT2D eigenvalue weighted by molar-refractivity contribution is 0.552. The molecule has 2 rings (SSSR count). The third-order valence-electron chi connectivity index (χ3n) is 3.39. The number of aryl methyl sites for hydroxylation is 1. The lowest BCUT2D eigenvalue weighted by Crippen LogP contribution is -2.14. The molecule has 0 atom stereocenters. The van der Waals surface area contributed by atoms with Crippen LogP contribution in [0.25, 0.3) is 0 Å². The van der Waals surface area contributed by atoms with Crippen LogP contribution in [0.15, 0.2) is 35.3 Å². The third kappa shape index (κ3) is 4.60. The molecule has 2 aromatic carbocycles. The number of halogens is 3. The topological polar surface area (TPSA) is 27.6 Å². The molecule has 0 saturated carbocycles. The first-order valence-corrected chi connectivity index (χ1v) is 7.93. The molecular weight excluding hydrogens is 336 g/mol.